The summed E-state index contributed by atoms with van der Waals surface area (Å²) in [5, 5.41) is 0. The number of hydrogen-bond donors (Lipinski definition) is 0. The Kier molecular flexibility index (Phi) is 4.11. The van der Waals surface area contributed by atoms with Crippen molar-refractivity contribution in [1.82, 2.24) is 0 Å². The monoisotopic (exact) mass is 198 g/mol. The predicted octanol–water partition coefficient (Wildman–Crippen LogP) is 4.61. The highest BCUT2D eigenvalue weighted by atomic mass is 14.0. The Morgan fingerprint density at radius 1 is 1.00 bits per heavy atom. The summed E-state index contributed by atoms with van der Waals surface area (Å²) >= 11 is 0. The smallest absolute Gasteiger partial charge is 0.0182 e. The molecule has 0 fully saturated rings. The summed E-state index contributed by atoms with van der Waals surface area (Å²) in [6.45, 7) is 10.2. The first kappa shape index (κ1) is 11.5. The summed E-state index contributed by atoms with van der Waals surface area (Å²) < 4.78 is 0. The van der Waals surface area contributed by atoms with Gasteiger partial charge in [0, 0.05) is 0 Å². The first-order valence-electron chi connectivity index (χ1n) is 5.17. The Morgan fingerprint density at radius 2 is 1.60 bits per heavy atom. The molecule has 0 spiro atoms. The predicted molar refractivity (Wildman–Crippen MR) is 68.7 cm³/mol. The first-order chi connectivity index (χ1) is 7.09. The normalized spacial score (nSPS) is 11.0. The third-order valence-electron chi connectivity index (χ3n) is 1.95. The fraction of sp³-hybridized carbons (Fsp3) is 0.200. The molecule has 15 heavy (non-hydrogen) atoms. The van der Waals surface area contributed by atoms with Gasteiger partial charge in [-0.05, 0) is 31.9 Å². The van der Waals surface area contributed by atoms with Crippen LogP contribution in [0.25, 0.3) is 5.57 Å². The van der Waals surface area contributed by atoms with Crippen molar-refractivity contribution >= 4 is 5.57 Å². The first-order valence-corrected chi connectivity index (χ1v) is 5.17. The van der Waals surface area contributed by atoms with Crippen molar-refractivity contribution < 1.29 is 0 Å². The van der Waals surface area contributed by atoms with Gasteiger partial charge in [-0.15, -0.1) is 0 Å². The van der Waals surface area contributed by atoms with E-state index in [9.17, 15) is 0 Å². The van der Waals surface area contributed by atoms with E-state index in [0.29, 0.717) is 0 Å². The molecule has 0 aliphatic rings. The van der Waals surface area contributed by atoms with Gasteiger partial charge in [-0.25, -0.2) is 0 Å². The maximum atomic E-state index is 3.92. The lowest BCUT2D eigenvalue weighted by Gasteiger charge is -2.03. The molecule has 0 heterocycles. The zero-order valence-corrected chi connectivity index (χ0v) is 9.75. The van der Waals surface area contributed by atoms with Gasteiger partial charge in [0.15, 0.2) is 0 Å². The van der Waals surface area contributed by atoms with E-state index in [0.717, 1.165) is 5.57 Å². The number of hydrogen-bond acceptors (Lipinski definition) is 0. The second kappa shape index (κ2) is 5.35. The molecule has 0 saturated heterocycles. The Hall–Kier alpha value is -1.56. The minimum absolute atomic E-state index is 1.08. The number of rotatable bonds is 3. The van der Waals surface area contributed by atoms with Crippen molar-refractivity contribution in [2.45, 2.75) is 20.8 Å². The van der Waals surface area contributed by atoms with Gasteiger partial charge in [-0.2, -0.15) is 0 Å². The van der Waals surface area contributed by atoms with Gasteiger partial charge in [0.05, 0.1) is 0 Å². The minimum Gasteiger partial charge on any atom is -0.0961 e. The molecule has 0 saturated carbocycles. The molecule has 0 aliphatic carbocycles. The molecule has 78 valence electrons. The van der Waals surface area contributed by atoms with Crippen molar-refractivity contribution in [3.63, 3.8) is 0 Å². The van der Waals surface area contributed by atoms with Crippen LogP contribution in [0.1, 0.15) is 26.3 Å². The van der Waals surface area contributed by atoms with Crippen LogP contribution in [-0.4, -0.2) is 0 Å². The topological polar surface area (TPSA) is 0 Å². The van der Waals surface area contributed by atoms with E-state index >= 15 is 0 Å². The standard InChI is InChI=1S/C15H18/c1-12(2)10-15(11-13(3)4)14-8-6-5-7-9-14/h5-11H,1H2,2-4H3. The summed E-state index contributed by atoms with van der Waals surface area (Å²) in [5.41, 5.74) is 4.84. The highest BCUT2D eigenvalue weighted by Crippen LogP contribution is 2.18. The zero-order chi connectivity index (χ0) is 11.3. The van der Waals surface area contributed by atoms with Crippen LogP contribution in [0.3, 0.4) is 0 Å². The third-order valence-corrected chi connectivity index (χ3v) is 1.95. The molecular weight excluding hydrogens is 180 g/mol. The van der Waals surface area contributed by atoms with Gasteiger partial charge in [0.25, 0.3) is 0 Å². The zero-order valence-electron chi connectivity index (χ0n) is 9.75. The molecular formula is C15H18. The second-order valence-corrected chi connectivity index (χ2v) is 4.03. The van der Waals surface area contributed by atoms with Crippen LogP contribution < -0.4 is 0 Å². The second-order valence-electron chi connectivity index (χ2n) is 4.03. The Balaban J connectivity index is 3.14. The lowest BCUT2D eigenvalue weighted by atomic mass is 10.0. The van der Waals surface area contributed by atoms with Crippen molar-refractivity contribution in [1.29, 1.82) is 0 Å². The van der Waals surface area contributed by atoms with Gasteiger partial charge < -0.3 is 0 Å². The van der Waals surface area contributed by atoms with Crippen LogP contribution in [0.4, 0.5) is 0 Å². The van der Waals surface area contributed by atoms with E-state index in [4.69, 9.17) is 0 Å². The molecule has 0 amide bonds. The van der Waals surface area contributed by atoms with Crippen LogP contribution in [0.2, 0.25) is 0 Å². The highest BCUT2D eigenvalue weighted by molar-refractivity contribution is 5.76. The average molecular weight is 198 g/mol. The minimum atomic E-state index is 1.08. The van der Waals surface area contributed by atoms with E-state index in [2.05, 4.69) is 56.8 Å². The largest absolute Gasteiger partial charge is 0.0961 e. The van der Waals surface area contributed by atoms with Crippen LogP contribution in [-0.2, 0) is 0 Å². The fourth-order valence-electron chi connectivity index (χ4n) is 1.42. The van der Waals surface area contributed by atoms with Crippen molar-refractivity contribution in [2.75, 3.05) is 0 Å². The van der Waals surface area contributed by atoms with Gasteiger partial charge in [0.1, 0.15) is 0 Å². The fourth-order valence-corrected chi connectivity index (χ4v) is 1.42. The Morgan fingerprint density at radius 3 is 2.07 bits per heavy atom. The quantitative estimate of drug-likeness (QED) is 0.622. The summed E-state index contributed by atoms with van der Waals surface area (Å²) in [7, 11) is 0. The SMILES string of the molecule is C=C(C)C=C(C=C(C)C)c1ccccc1. The lowest BCUT2D eigenvalue weighted by molar-refractivity contribution is 1.39. The van der Waals surface area contributed by atoms with Crippen LogP contribution in [0, 0.1) is 0 Å². The van der Waals surface area contributed by atoms with Crippen LogP contribution in [0.15, 0.2) is 60.2 Å². The molecule has 0 aromatic heterocycles. The molecule has 0 N–H and O–H groups in total. The highest BCUT2D eigenvalue weighted by Gasteiger charge is 1.96. The van der Waals surface area contributed by atoms with Gasteiger partial charge in [0.2, 0.25) is 0 Å². The molecule has 0 unspecified atom stereocenters. The van der Waals surface area contributed by atoms with Crippen LogP contribution >= 0.6 is 0 Å². The molecule has 1 rings (SSSR count). The lowest BCUT2D eigenvalue weighted by Crippen LogP contribution is -1.82. The Bertz CT molecular complexity index is 387. The average Bonchev–Trinajstić information content (AvgIpc) is 2.17. The molecule has 1 aromatic rings. The van der Waals surface area contributed by atoms with Gasteiger partial charge in [-0.3, -0.25) is 0 Å². The summed E-state index contributed by atoms with van der Waals surface area (Å²) in [6.07, 6.45) is 4.30. The summed E-state index contributed by atoms with van der Waals surface area (Å²) in [5.74, 6) is 0. The van der Waals surface area contributed by atoms with E-state index in [1.165, 1.54) is 16.7 Å². The van der Waals surface area contributed by atoms with E-state index < -0.39 is 0 Å². The maximum absolute atomic E-state index is 3.92. The van der Waals surface area contributed by atoms with Crippen LogP contribution in [0.5, 0.6) is 0 Å². The number of benzene rings is 1. The third kappa shape index (κ3) is 3.99. The molecule has 0 atom stereocenters. The summed E-state index contributed by atoms with van der Waals surface area (Å²) in [6, 6.07) is 10.4. The molecule has 0 nitrogen and oxygen atoms in total. The molecule has 0 heteroatoms. The van der Waals surface area contributed by atoms with E-state index in [1.54, 1.807) is 0 Å². The van der Waals surface area contributed by atoms with Crippen molar-refractivity contribution in [3.05, 3.63) is 65.8 Å². The molecule has 1 aromatic carbocycles. The van der Waals surface area contributed by atoms with E-state index in [1.807, 2.05) is 13.0 Å². The van der Waals surface area contributed by atoms with Crippen molar-refractivity contribution in [3.8, 4) is 0 Å². The van der Waals surface area contributed by atoms with E-state index in [-0.39, 0.29) is 0 Å². The molecule has 0 radical (unpaired) electrons. The van der Waals surface area contributed by atoms with Crippen molar-refractivity contribution in [2.24, 2.45) is 0 Å². The number of allylic oxidation sites excluding steroid dienone is 5. The van der Waals surface area contributed by atoms with Gasteiger partial charge >= 0.3 is 0 Å². The molecule has 0 bridgehead atoms. The van der Waals surface area contributed by atoms with Gasteiger partial charge in [-0.1, -0.05) is 60.2 Å². The summed E-state index contributed by atoms with van der Waals surface area (Å²) in [4.78, 5) is 0. The Labute approximate surface area is 92.6 Å². The maximum Gasteiger partial charge on any atom is -0.0182 e. The molecule has 0 aliphatic heterocycles.